The van der Waals surface area contributed by atoms with Crippen LogP contribution in [0.3, 0.4) is 0 Å². The zero-order valence-electron chi connectivity index (χ0n) is 62.0. The number of aliphatic hydroxyl groups excluding tert-OH is 1. The molecule has 95 heavy (non-hydrogen) atoms. The van der Waals surface area contributed by atoms with E-state index in [0.717, 1.165) is 115 Å². The Morgan fingerprint density at radius 2 is 0.505 bits per heavy atom. The minimum atomic E-state index is -4.96. The maximum Gasteiger partial charge on any atom is 0.472 e. The number of rotatable bonds is 75. The van der Waals surface area contributed by atoms with Crippen LogP contribution in [0.5, 0.6) is 0 Å². The third-order valence-corrected chi connectivity index (χ3v) is 20.3. The fourth-order valence-electron chi connectivity index (χ4n) is 11.6. The highest BCUT2D eigenvalue weighted by molar-refractivity contribution is 7.47. The number of unbranched alkanes of at least 4 members (excludes halogenated alkanes) is 43. The third kappa shape index (κ3) is 67.6. The summed E-state index contributed by atoms with van der Waals surface area (Å²) in [6.07, 6.45) is 55.4. The molecule has 0 amide bonds. The third-order valence-electron chi connectivity index (χ3n) is 18.4. The average molecular weight is 1400 g/mol. The Bertz CT molecular complexity index is 1840. The van der Waals surface area contributed by atoms with Crippen LogP contribution in [0.4, 0.5) is 0 Å². The summed E-state index contributed by atoms with van der Waals surface area (Å²) in [5.74, 6) is -0.470. The van der Waals surface area contributed by atoms with Crippen molar-refractivity contribution in [3.8, 4) is 0 Å². The first-order valence-corrected chi connectivity index (χ1v) is 42.6. The summed E-state index contributed by atoms with van der Waals surface area (Å²) in [6.45, 7) is 9.64. The van der Waals surface area contributed by atoms with Crippen LogP contribution in [0.25, 0.3) is 0 Å². The number of carbonyl (C=O) groups is 4. The van der Waals surface area contributed by atoms with Crippen molar-refractivity contribution in [1.82, 2.24) is 0 Å². The molecule has 0 radical (unpaired) electrons. The molecule has 0 spiro atoms. The Morgan fingerprint density at radius 1 is 0.295 bits per heavy atom. The quantitative estimate of drug-likeness (QED) is 0.0222. The van der Waals surface area contributed by atoms with Gasteiger partial charge in [-0.15, -0.1) is 0 Å². The molecule has 0 bridgehead atoms. The van der Waals surface area contributed by atoms with Gasteiger partial charge in [0.1, 0.15) is 19.3 Å². The number of esters is 4. The largest absolute Gasteiger partial charge is 0.472 e. The van der Waals surface area contributed by atoms with Crippen LogP contribution in [0.15, 0.2) is 0 Å². The van der Waals surface area contributed by atoms with Gasteiger partial charge in [0, 0.05) is 25.7 Å². The summed E-state index contributed by atoms with van der Waals surface area (Å²) in [5, 5.41) is 10.6. The van der Waals surface area contributed by atoms with E-state index in [0.29, 0.717) is 25.7 Å². The molecule has 7 atom stereocenters. The molecule has 0 aromatic rings. The summed E-state index contributed by atoms with van der Waals surface area (Å²) >= 11 is 0. The highest BCUT2D eigenvalue weighted by Crippen LogP contribution is 2.45. The maximum atomic E-state index is 13.1. The van der Waals surface area contributed by atoms with Gasteiger partial charge in [0.05, 0.1) is 26.4 Å². The van der Waals surface area contributed by atoms with Crippen molar-refractivity contribution >= 4 is 39.5 Å². The van der Waals surface area contributed by atoms with Crippen molar-refractivity contribution in [2.75, 3.05) is 39.6 Å². The molecule has 0 rings (SSSR count). The van der Waals surface area contributed by atoms with E-state index >= 15 is 0 Å². The second-order valence-corrected chi connectivity index (χ2v) is 30.8. The van der Waals surface area contributed by atoms with E-state index in [1.165, 1.54) is 199 Å². The predicted octanol–water partition coefficient (Wildman–Crippen LogP) is 22.3. The van der Waals surface area contributed by atoms with E-state index in [1.807, 2.05) is 0 Å². The Balaban J connectivity index is 5.20. The molecule has 0 saturated carbocycles. The molecule has 0 aromatic heterocycles. The van der Waals surface area contributed by atoms with Crippen LogP contribution in [0, 0.1) is 11.8 Å². The van der Waals surface area contributed by atoms with Gasteiger partial charge in [-0.2, -0.15) is 0 Å². The number of ether oxygens (including phenoxy) is 4. The number of phosphoric acid groups is 2. The minimum Gasteiger partial charge on any atom is -0.462 e. The number of carbonyl (C=O) groups excluding carboxylic acids is 4. The molecule has 0 aliphatic rings. The zero-order valence-corrected chi connectivity index (χ0v) is 63.8. The van der Waals surface area contributed by atoms with Crippen molar-refractivity contribution in [1.29, 1.82) is 0 Å². The summed E-state index contributed by atoms with van der Waals surface area (Å²) in [5.41, 5.74) is 0. The fourth-order valence-corrected chi connectivity index (χ4v) is 13.2. The molecular formula is C76H148O17P2. The molecule has 19 heteroatoms. The van der Waals surface area contributed by atoms with Crippen LogP contribution >= 0.6 is 15.6 Å². The van der Waals surface area contributed by atoms with Crippen LogP contribution in [0.2, 0.25) is 0 Å². The highest BCUT2D eigenvalue weighted by Gasteiger charge is 2.30. The molecule has 0 heterocycles. The maximum absolute atomic E-state index is 13.1. The highest BCUT2D eigenvalue weighted by atomic mass is 31.2. The second kappa shape index (κ2) is 67.9. The average Bonchev–Trinajstić information content (AvgIpc) is 2.47. The smallest absolute Gasteiger partial charge is 0.462 e. The Labute approximate surface area is 581 Å². The van der Waals surface area contributed by atoms with E-state index in [4.69, 9.17) is 37.0 Å². The lowest BCUT2D eigenvalue weighted by Crippen LogP contribution is -2.30. The van der Waals surface area contributed by atoms with Gasteiger partial charge in [0.15, 0.2) is 12.2 Å². The lowest BCUT2D eigenvalue weighted by atomic mass is 9.99. The standard InChI is InChI=1S/C76H148O17P2/c1-7-11-13-15-17-18-19-20-21-22-26-29-35-41-47-53-59-74(79)87-65-72(93-75(80)60-54-48-42-36-30-27-24-23-25-28-33-39-44-50-56-68(5)9-3)67-91-95(84,85)89-63-70(77)62-88-94(82,83)90-66-71(64-86-73(78)58-52-46-38-16-14-12-8-2)92-76(81)61-55-49-43-37-32-31-34-40-45-51-57-69(6)10-4/h68-72,77H,7-67H2,1-6H3,(H,82,83)(H,84,85)/t68?,69?,70-,71+,72+/m0/s1. The van der Waals surface area contributed by atoms with Crippen molar-refractivity contribution in [2.45, 2.75) is 413 Å². The first kappa shape index (κ1) is 93.1. The molecule has 17 nitrogen and oxygen atoms in total. The Morgan fingerprint density at radius 3 is 0.747 bits per heavy atom. The van der Waals surface area contributed by atoms with Crippen LogP contribution in [-0.4, -0.2) is 96.7 Å². The molecule has 3 N–H and O–H groups in total. The monoisotopic (exact) mass is 1400 g/mol. The lowest BCUT2D eigenvalue weighted by Gasteiger charge is -2.21. The topological polar surface area (TPSA) is 237 Å². The van der Waals surface area contributed by atoms with Gasteiger partial charge in [0.25, 0.3) is 0 Å². The van der Waals surface area contributed by atoms with E-state index in [2.05, 4.69) is 41.5 Å². The first-order chi connectivity index (χ1) is 45.9. The van der Waals surface area contributed by atoms with E-state index in [-0.39, 0.29) is 25.7 Å². The molecule has 4 unspecified atom stereocenters. The fraction of sp³-hybridized carbons (Fsp3) is 0.947. The van der Waals surface area contributed by atoms with Gasteiger partial charge < -0.3 is 33.8 Å². The van der Waals surface area contributed by atoms with Crippen molar-refractivity contribution < 1.29 is 80.2 Å². The summed E-state index contributed by atoms with van der Waals surface area (Å²) in [6, 6.07) is 0. The Kier molecular flexibility index (Phi) is 66.5. The molecular weight excluding hydrogens is 1250 g/mol. The van der Waals surface area contributed by atoms with E-state index in [9.17, 15) is 43.2 Å². The molecule has 0 aromatic carbocycles. The molecule has 0 aliphatic heterocycles. The first-order valence-electron chi connectivity index (χ1n) is 39.6. The van der Waals surface area contributed by atoms with E-state index < -0.39 is 97.5 Å². The normalized spacial score (nSPS) is 14.6. The Hall–Kier alpha value is -1.94. The molecule has 564 valence electrons. The lowest BCUT2D eigenvalue weighted by molar-refractivity contribution is -0.161. The van der Waals surface area contributed by atoms with Crippen molar-refractivity contribution in [2.24, 2.45) is 11.8 Å². The van der Waals surface area contributed by atoms with Crippen LogP contribution < -0.4 is 0 Å². The summed E-state index contributed by atoms with van der Waals surface area (Å²) < 4.78 is 68.4. The number of hydrogen-bond acceptors (Lipinski definition) is 15. The number of hydrogen-bond donors (Lipinski definition) is 3. The van der Waals surface area contributed by atoms with Crippen LogP contribution in [0.1, 0.15) is 395 Å². The van der Waals surface area contributed by atoms with Gasteiger partial charge in [-0.3, -0.25) is 37.3 Å². The zero-order chi connectivity index (χ0) is 70.0. The van der Waals surface area contributed by atoms with E-state index in [1.54, 1.807) is 0 Å². The van der Waals surface area contributed by atoms with Crippen molar-refractivity contribution in [3.05, 3.63) is 0 Å². The number of phosphoric ester groups is 2. The SMILES string of the molecule is CCCCCCCCCCCCCCCCCCC(=O)OC[C@H](COP(=O)(O)OC[C@@H](O)COP(=O)(O)OC[C@@H](COC(=O)CCCCCCCCC)OC(=O)CCCCCCCCCCCCC(C)CC)OC(=O)CCCCCCCCCCCCCCCCC(C)CC. The molecule has 0 saturated heterocycles. The summed E-state index contributed by atoms with van der Waals surface area (Å²) in [4.78, 5) is 72.7. The second-order valence-electron chi connectivity index (χ2n) is 27.9. The van der Waals surface area contributed by atoms with Gasteiger partial charge in [0.2, 0.25) is 0 Å². The summed E-state index contributed by atoms with van der Waals surface area (Å²) in [7, 11) is -9.91. The molecule has 0 aliphatic carbocycles. The van der Waals surface area contributed by atoms with Gasteiger partial charge >= 0.3 is 39.5 Å². The predicted molar refractivity (Wildman–Crippen MR) is 386 cm³/mol. The minimum absolute atomic E-state index is 0.106. The van der Waals surface area contributed by atoms with Gasteiger partial charge in [-0.05, 0) is 37.5 Å². The molecule has 0 fully saturated rings. The van der Waals surface area contributed by atoms with Gasteiger partial charge in [-0.25, -0.2) is 9.13 Å². The van der Waals surface area contributed by atoms with Crippen molar-refractivity contribution in [3.63, 3.8) is 0 Å². The van der Waals surface area contributed by atoms with Crippen LogP contribution in [-0.2, 0) is 65.4 Å². The number of aliphatic hydroxyl groups is 1. The van der Waals surface area contributed by atoms with Gasteiger partial charge in [-0.1, -0.05) is 343 Å².